The van der Waals surface area contributed by atoms with Crippen molar-refractivity contribution in [3.05, 3.63) is 42.5 Å². The molecule has 4 nitrogen and oxygen atoms in total. The summed E-state index contributed by atoms with van der Waals surface area (Å²) in [5.74, 6) is -0.946. The Kier molecular flexibility index (Phi) is 4.88. The molecule has 0 aromatic heterocycles. The summed E-state index contributed by atoms with van der Waals surface area (Å²) in [4.78, 5) is 10.7. The Morgan fingerprint density at radius 1 is 1.62 bits per heavy atom. The first-order valence-corrected chi connectivity index (χ1v) is 5.27. The van der Waals surface area contributed by atoms with Crippen LogP contribution in [0.25, 0.3) is 0 Å². The maximum atomic E-state index is 10.7. The van der Waals surface area contributed by atoms with Gasteiger partial charge in [0.05, 0.1) is 5.56 Å². The first-order chi connectivity index (χ1) is 7.63. The monoisotopic (exact) mass is 238 g/mol. The zero-order valence-electron chi connectivity index (χ0n) is 8.68. The Bertz CT molecular complexity index is 382. The van der Waals surface area contributed by atoms with Gasteiger partial charge in [-0.05, 0) is 18.2 Å². The van der Waals surface area contributed by atoms with Gasteiger partial charge in [-0.2, -0.15) is 0 Å². The van der Waals surface area contributed by atoms with Crippen LogP contribution >= 0.6 is 12.6 Å². The molecule has 0 aliphatic carbocycles. The number of aromatic carboxylic acids is 1. The first kappa shape index (κ1) is 12.6. The molecule has 86 valence electrons. The third-order valence-corrected chi connectivity index (χ3v) is 2.18. The number of carboxylic acids is 1. The third-order valence-electron chi connectivity index (χ3n) is 1.87. The molecule has 1 unspecified atom stereocenters. The molecule has 0 amide bonds. The fourth-order valence-corrected chi connectivity index (χ4v) is 1.40. The molecule has 1 atom stereocenters. The number of hydrogen-bond donors (Lipinski definition) is 4. The average Bonchev–Trinajstić information content (AvgIpc) is 2.26. The van der Waals surface area contributed by atoms with Crippen molar-refractivity contribution in [1.82, 2.24) is 5.32 Å². The fourth-order valence-electron chi connectivity index (χ4n) is 1.15. The maximum absolute atomic E-state index is 10.7. The second-order valence-corrected chi connectivity index (χ2v) is 3.65. The van der Waals surface area contributed by atoms with E-state index in [1.54, 1.807) is 24.3 Å². The first-order valence-electron chi connectivity index (χ1n) is 4.75. The van der Waals surface area contributed by atoms with Crippen LogP contribution in [-0.4, -0.2) is 23.1 Å². The standard InChI is InChI=1S/C11H14N2O2S/c1-2-6-12-11(16)13-9-5-3-4-8(7-9)10(14)15/h2-5,7,11-13,16H,1,6H2,(H,14,15). The molecule has 1 rings (SSSR count). The molecule has 3 N–H and O–H groups in total. The number of carbonyl (C=O) groups is 1. The molecule has 0 heterocycles. The Hall–Kier alpha value is -1.46. The lowest BCUT2D eigenvalue weighted by Crippen LogP contribution is -2.31. The normalized spacial score (nSPS) is 11.8. The minimum Gasteiger partial charge on any atom is -0.478 e. The molecule has 1 aromatic rings. The molecule has 1 aromatic carbocycles. The Morgan fingerprint density at radius 2 is 2.38 bits per heavy atom. The lowest BCUT2D eigenvalue weighted by Gasteiger charge is -2.15. The van der Waals surface area contributed by atoms with Crippen molar-refractivity contribution in [1.29, 1.82) is 0 Å². The highest BCUT2D eigenvalue weighted by molar-refractivity contribution is 7.81. The zero-order valence-corrected chi connectivity index (χ0v) is 9.58. The summed E-state index contributed by atoms with van der Waals surface area (Å²) in [6.07, 6.45) is 1.72. The second-order valence-electron chi connectivity index (χ2n) is 3.13. The van der Waals surface area contributed by atoms with Gasteiger partial charge in [0.25, 0.3) is 0 Å². The molecular weight excluding hydrogens is 224 g/mol. The van der Waals surface area contributed by atoms with Gasteiger partial charge >= 0.3 is 5.97 Å². The second kappa shape index (κ2) is 6.19. The maximum Gasteiger partial charge on any atom is 0.335 e. The Morgan fingerprint density at radius 3 is 3.00 bits per heavy atom. The summed E-state index contributed by atoms with van der Waals surface area (Å²) in [7, 11) is 0. The topological polar surface area (TPSA) is 61.4 Å². The van der Waals surface area contributed by atoms with Crippen LogP contribution in [0.15, 0.2) is 36.9 Å². The molecule has 0 spiro atoms. The van der Waals surface area contributed by atoms with E-state index in [4.69, 9.17) is 5.11 Å². The van der Waals surface area contributed by atoms with Gasteiger partial charge in [-0.1, -0.05) is 12.1 Å². The molecule has 0 saturated carbocycles. The van der Waals surface area contributed by atoms with Crippen LogP contribution in [0, 0.1) is 0 Å². The predicted molar refractivity (Wildman–Crippen MR) is 68.0 cm³/mol. The fraction of sp³-hybridized carbons (Fsp3) is 0.182. The summed E-state index contributed by atoms with van der Waals surface area (Å²) < 4.78 is 0. The summed E-state index contributed by atoms with van der Waals surface area (Å²) in [6, 6.07) is 6.56. The number of anilines is 1. The highest BCUT2D eigenvalue weighted by Gasteiger charge is 2.05. The Balaban J connectivity index is 2.62. The van der Waals surface area contributed by atoms with Crippen molar-refractivity contribution in [3.63, 3.8) is 0 Å². The van der Waals surface area contributed by atoms with Crippen LogP contribution in [0.4, 0.5) is 5.69 Å². The van der Waals surface area contributed by atoms with Gasteiger partial charge in [-0.3, -0.25) is 5.32 Å². The number of hydrogen-bond acceptors (Lipinski definition) is 4. The largest absolute Gasteiger partial charge is 0.478 e. The predicted octanol–water partition coefficient (Wildman–Crippen LogP) is 1.79. The van der Waals surface area contributed by atoms with Gasteiger partial charge in [0.1, 0.15) is 5.50 Å². The van der Waals surface area contributed by atoms with Gasteiger partial charge in [0.2, 0.25) is 0 Å². The number of carboxylic acid groups (broad SMARTS) is 1. The molecule has 0 fully saturated rings. The van der Waals surface area contributed by atoms with Crippen LogP contribution in [0.1, 0.15) is 10.4 Å². The van der Waals surface area contributed by atoms with Crippen molar-refractivity contribution in [3.8, 4) is 0 Å². The van der Waals surface area contributed by atoms with Crippen molar-refractivity contribution >= 4 is 24.3 Å². The molecule has 0 bridgehead atoms. The smallest absolute Gasteiger partial charge is 0.335 e. The van der Waals surface area contributed by atoms with Crippen LogP contribution in [0.5, 0.6) is 0 Å². The van der Waals surface area contributed by atoms with E-state index in [-0.39, 0.29) is 11.1 Å². The van der Waals surface area contributed by atoms with Crippen LogP contribution in [-0.2, 0) is 0 Å². The van der Waals surface area contributed by atoms with Gasteiger partial charge in [0.15, 0.2) is 0 Å². The molecule has 0 aliphatic heterocycles. The summed E-state index contributed by atoms with van der Waals surface area (Å²) in [6.45, 7) is 4.20. The van der Waals surface area contributed by atoms with E-state index in [0.29, 0.717) is 12.2 Å². The van der Waals surface area contributed by atoms with Gasteiger partial charge in [0, 0.05) is 12.2 Å². The lowest BCUT2D eigenvalue weighted by molar-refractivity contribution is 0.0697. The van der Waals surface area contributed by atoms with Gasteiger partial charge in [-0.25, -0.2) is 4.79 Å². The minimum absolute atomic E-state index is 0.245. The number of thiol groups is 1. The quantitative estimate of drug-likeness (QED) is 0.347. The highest BCUT2D eigenvalue weighted by atomic mass is 32.1. The summed E-state index contributed by atoms with van der Waals surface area (Å²) >= 11 is 4.24. The Labute approximate surface area is 99.8 Å². The van der Waals surface area contributed by atoms with Crippen molar-refractivity contribution in [2.75, 3.05) is 11.9 Å². The summed E-state index contributed by atoms with van der Waals surface area (Å²) in [5.41, 5.74) is 0.702. The van der Waals surface area contributed by atoms with Crippen LogP contribution in [0.3, 0.4) is 0 Å². The van der Waals surface area contributed by atoms with E-state index in [1.165, 1.54) is 6.07 Å². The lowest BCUT2D eigenvalue weighted by atomic mass is 10.2. The average molecular weight is 238 g/mol. The van der Waals surface area contributed by atoms with E-state index in [9.17, 15) is 4.79 Å². The van der Waals surface area contributed by atoms with Crippen molar-refractivity contribution in [2.45, 2.75) is 5.50 Å². The van der Waals surface area contributed by atoms with Gasteiger partial charge in [-0.15, -0.1) is 19.2 Å². The molecule has 0 aliphatic rings. The van der Waals surface area contributed by atoms with E-state index in [2.05, 4.69) is 29.8 Å². The molecular formula is C11H14N2O2S. The highest BCUT2D eigenvalue weighted by Crippen LogP contribution is 2.12. The summed E-state index contributed by atoms with van der Waals surface area (Å²) in [5, 5.41) is 14.8. The molecule has 5 heteroatoms. The van der Waals surface area contributed by atoms with E-state index >= 15 is 0 Å². The number of rotatable bonds is 6. The minimum atomic E-state index is -0.946. The van der Waals surface area contributed by atoms with Crippen molar-refractivity contribution in [2.24, 2.45) is 0 Å². The third kappa shape index (κ3) is 3.96. The number of nitrogens with one attached hydrogen (secondary N) is 2. The number of benzene rings is 1. The zero-order chi connectivity index (χ0) is 12.0. The van der Waals surface area contributed by atoms with Crippen LogP contribution < -0.4 is 10.6 Å². The van der Waals surface area contributed by atoms with E-state index < -0.39 is 5.97 Å². The van der Waals surface area contributed by atoms with Crippen LogP contribution in [0.2, 0.25) is 0 Å². The van der Waals surface area contributed by atoms with Crippen molar-refractivity contribution < 1.29 is 9.90 Å². The van der Waals surface area contributed by atoms with Gasteiger partial charge < -0.3 is 10.4 Å². The van der Waals surface area contributed by atoms with E-state index in [0.717, 1.165) is 0 Å². The molecule has 0 radical (unpaired) electrons. The SMILES string of the molecule is C=CCNC(S)Nc1cccc(C(=O)O)c1. The molecule has 16 heavy (non-hydrogen) atoms. The molecule has 0 saturated heterocycles. The van der Waals surface area contributed by atoms with E-state index in [1.807, 2.05) is 0 Å².